The molecule has 0 amide bonds. The highest BCUT2D eigenvalue weighted by Gasteiger charge is 2.21. The van der Waals surface area contributed by atoms with E-state index in [1.807, 2.05) is 78.9 Å². The summed E-state index contributed by atoms with van der Waals surface area (Å²) in [6.45, 7) is 0. The molecule has 210 valence electrons. The molecule has 2 heterocycles. The first kappa shape index (κ1) is 25.3. The van der Waals surface area contributed by atoms with Crippen LogP contribution in [0.4, 0.5) is 0 Å². The van der Waals surface area contributed by atoms with Gasteiger partial charge in [0.15, 0.2) is 23.1 Å². The van der Waals surface area contributed by atoms with Crippen molar-refractivity contribution in [3.63, 3.8) is 0 Å². The SMILES string of the molecule is c1ccc(-c2nc(-c3cccc4ccccc34)nc(-c3cccc4c5ccccc5c5oc(-c6ccccc6)nc5c34)n2)cc1. The normalized spacial score (nSPS) is 11.6. The Morgan fingerprint density at radius 2 is 0.933 bits per heavy atom. The number of nitrogens with zero attached hydrogens (tertiary/aromatic N) is 4. The summed E-state index contributed by atoms with van der Waals surface area (Å²) in [6, 6.07) is 49.3. The molecule has 0 saturated heterocycles. The number of aromatic nitrogens is 4. The summed E-state index contributed by atoms with van der Waals surface area (Å²) in [5.41, 5.74) is 5.21. The first-order chi connectivity index (χ1) is 22.3. The highest BCUT2D eigenvalue weighted by Crippen LogP contribution is 2.41. The molecule has 0 spiro atoms. The van der Waals surface area contributed by atoms with Gasteiger partial charge < -0.3 is 4.42 Å². The van der Waals surface area contributed by atoms with Crippen LogP contribution in [0.2, 0.25) is 0 Å². The maximum Gasteiger partial charge on any atom is 0.227 e. The van der Waals surface area contributed by atoms with E-state index in [1.165, 1.54) is 0 Å². The van der Waals surface area contributed by atoms with Gasteiger partial charge >= 0.3 is 0 Å². The number of rotatable bonds is 4. The zero-order valence-electron chi connectivity index (χ0n) is 24.1. The van der Waals surface area contributed by atoms with Crippen LogP contribution in [0.5, 0.6) is 0 Å². The average Bonchev–Trinajstić information content (AvgIpc) is 3.58. The summed E-state index contributed by atoms with van der Waals surface area (Å²) in [5, 5.41) is 6.34. The highest BCUT2D eigenvalue weighted by molar-refractivity contribution is 6.26. The van der Waals surface area contributed by atoms with E-state index in [-0.39, 0.29) is 0 Å². The van der Waals surface area contributed by atoms with Crippen LogP contribution in [0.1, 0.15) is 0 Å². The average molecular weight is 577 g/mol. The predicted octanol–water partition coefficient (Wildman–Crippen LogP) is 10.1. The van der Waals surface area contributed by atoms with Crippen molar-refractivity contribution in [2.75, 3.05) is 0 Å². The van der Waals surface area contributed by atoms with Gasteiger partial charge in [-0.05, 0) is 33.7 Å². The van der Waals surface area contributed by atoms with E-state index in [4.69, 9.17) is 24.4 Å². The van der Waals surface area contributed by atoms with Crippen LogP contribution in [0.15, 0.2) is 150 Å². The minimum atomic E-state index is 0.579. The van der Waals surface area contributed by atoms with E-state index >= 15 is 0 Å². The van der Waals surface area contributed by atoms with Gasteiger partial charge in [-0.15, -0.1) is 0 Å². The Balaban J connectivity index is 1.38. The Bertz CT molecular complexity index is 2530. The molecule has 0 aliphatic rings. The fraction of sp³-hybridized carbons (Fsp3) is 0. The quantitative estimate of drug-likeness (QED) is 0.195. The lowest BCUT2D eigenvalue weighted by Crippen LogP contribution is -2.01. The Kier molecular flexibility index (Phi) is 5.74. The fourth-order valence-corrected chi connectivity index (χ4v) is 6.26. The van der Waals surface area contributed by atoms with Crippen molar-refractivity contribution in [1.29, 1.82) is 0 Å². The summed E-state index contributed by atoms with van der Waals surface area (Å²) < 4.78 is 6.54. The first-order valence-electron chi connectivity index (χ1n) is 14.9. The van der Waals surface area contributed by atoms with Crippen molar-refractivity contribution in [1.82, 2.24) is 19.9 Å². The number of oxazole rings is 1. The monoisotopic (exact) mass is 576 g/mol. The van der Waals surface area contributed by atoms with Crippen LogP contribution >= 0.6 is 0 Å². The van der Waals surface area contributed by atoms with Crippen LogP contribution in [-0.4, -0.2) is 19.9 Å². The number of benzene rings is 7. The second-order valence-electron chi connectivity index (χ2n) is 11.0. The Morgan fingerprint density at radius 3 is 1.73 bits per heavy atom. The molecule has 5 heteroatoms. The third-order valence-corrected chi connectivity index (χ3v) is 8.35. The molecule has 0 fully saturated rings. The van der Waals surface area contributed by atoms with E-state index < -0.39 is 0 Å². The maximum absolute atomic E-state index is 6.54. The Labute approximate surface area is 258 Å². The van der Waals surface area contributed by atoms with Gasteiger partial charge in [0.2, 0.25) is 5.89 Å². The van der Waals surface area contributed by atoms with Crippen molar-refractivity contribution in [2.45, 2.75) is 0 Å². The third-order valence-electron chi connectivity index (χ3n) is 8.35. The second kappa shape index (κ2) is 10.2. The number of hydrogen-bond acceptors (Lipinski definition) is 5. The molecule has 0 aliphatic heterocycles. The lowest BCUT2D eigenvalue weighted by molar-refractivity contribution is 0.623. The minimum Gasteiger partial charge on any atom is -0.435 e. The second-order valence-corrected chi connectivity index (χ2v) is 11.0. The van der Waals surface area contributed by atoms with Crippen LogP contribution < -0.4 is 0 Å². The predicted molar refractivity (Wildman–Crippen MR) is 182 cm³/mol. The first-order valence-corrected chi connectivity index (χ1v) is 14.9. The summed E-state index contributed by atoms with van der Waals surface area (Å²) in [5.74, 6) is 2.39. The van der Waals surface area contributed by atoms with Gasteiger partial charge in [-0.3, -0.25) is 0 Å². The summed E-state index contributed by atoms with van der Waals surface area (Å²) in [7, 11) is 0. The van der Waals surface area contributed by atoms with E-state index in [2.05, 4.69) is 66.7 Å². The van der Waals surface area contributed by atoms with Crippen LogP contribution in [0.3, 0.4) is 0 Å². The Morgan fingerprint density at radius 1 is 0.378 bits per heavy atom. The van der Waals surface area contributed by atoms with E-state index in [9.17, 15) is 0 Å². The number of hydrogen-bond donors (Lipinski definition) is 0. The van der Waals surface area contributed by atoms with Crippen molar-refractivity contribution in [3.05, 3.63) is 146 Å². The summed E-state index contributed by atoms with van der Waals surface area (Å²) >= 11 is 0. The van der Waals surface area contributed by atoms with Gasteiger partial charge in [0.1, 0.15) is 5.52 Å². The zero-order chi connectivity index (χ0) is 29.7. The number of fused-ring (bicyclic) bond motifs is 7. The topological polar surface area (TPSA) is 64.7 Å². The zero-order valence-corrected chi connectivity index (χ0v) is 24.1. The molecule has 9 aromatic rings. The van der Waals surface area contributed by atoms with Crippen molar-refractivity contribution in [3.8, 4) is 45.6 Å². The largest absolute Gasteiger partial charge is 0.435 e. The van der Waals surface area contributed by atoms with Gasteiger partial charge in [0.25, 0.3) is 0 Å². The third kappa shape index (κ3) is 4.17. The fourth-order valence-electron chi connectivity index (χ4n) is 6.26. The van der Waals surface area contributed by atoms with E-state index in [1.54, 1.807) is 0 Å². The molecular formula is C40H24N4O. The molecule has 7 aromatic carbocycles. The van der Waals surface area contributed by atoms with Crippen LogP contribution in [0.25, 0.3) is 89.0 Å². The lowest BCUT2D eigenvalue weighted by Gasteiger charge is -2.13. The van der Waals surface area contributed by atoms with Crippen molar-refractivity contribution in [2.24, 2.45) is 0 Å². The molecule has 2 aromatic heterocycles. The minimum absolute atomic E-state index is 0.579. The van der Waals surface area contributed by atoms with Crippen LogP contribution in [0, 0.1) is 0 Å². The molecule has 0 radical (unpaired) electrons. The molecule has 0 bridgehead atoms. The standard InChI is InChI=1S/C40H24N4O/c1-3-14-26(15-4-1)37-42-38(32-23-11-18-25-13-7-8-19-28(25)32)44-39(43-37)33-24-12-22-30-29-20-9-10-21-31(29)36-35(34(30)33)41-40(45-36)27-16-5-2-6-17-27/h1-24H. The van der Waals surface area contributed by atoms with Gasteiger partial charge in [-0.2, -0.15) is 0 Å². The molecule has 0 N–H and O–H groups in total. The molecule has 0 atom stereocenters. The van der Waals surface area contributed by atoms with Gasteiger partial charge in [-0.25, -0.2) is 19.9 Å². The smallest absolute Gasteiger partial charge is 0.227 e. The van der Waals surface area contributed by atoms with Gasteiger partial charge in [0, 0.05) is 33.0 Å². The van der Waals surface area contributed by atoms with Crippen molar-refractivity contribution < 1.29 is 4.42 Å². The van der Waals surface area contributed by atoms with Gasteiger partial charge in [0.05, 0.1) is 0 Å². The Hall–Kier alpha value is -6.20. The molecule has 0 saturated carbocycles. The summed E-state index contributed by atoms with van der Waals surface area (Å²) in [4.78, 5) is 20.4. The summed E-state index contributed by atoms with van der Waals surface area (Å²) in [6.07, 6.45) is 0. The van der Waals surface area contributed by atoms with Crippen LogP contribution in [-0.2, 0) is 0 Å². The highest BCUT2D eigenvalue weighted by atomic mass is 16.3. The molecule has 0 aliphatic carbocycles. The van der Waals surface area contributed by atoms with Crippen molar-refractivity contribution >= 4 is 43.4 Å². The molecule has 5 nitrogen and oxygen atoms in total. The maximum atomic E-state index is 6.54. The van der Waals surface area contributed by atoms with Gasteiger partial charge in [-0.1, -0.05) is 133 Å². The van der Waals surface area contributed by atoms with E-state index in [0.29, 0.717) is 23.4 Å². The molecule has 45 heavy (non-hydrogen) atoms. The molecule has 9 rings (SSSR count). The molecular weight excluding hydrogens is 552 g/mol. The molecule has 0 unspecified atom stereocenters. The lowest BCUT2D eigenvalue weighted by atomic mass is 9.96. The van der Waals surface area contributed by atoms with E-state index in [0.717, 1.165) is 65.7 Å².